The Kier molecular flexibility index (Phi) is 4.78. The molecule has 1 aromatic carbocycles. The van der Waals surface area contributed by atoms with E-state index < -0.39 is 0 Å². The molecule has 1 fully saturated rings. The summed E-state index contributed by atoms with van der Waals surface area (Å²) in [6.07, 6.45) is 5.13. The van der Waals surface area contributed by atoms with Crippen LogP contribution in [-0.4, -0.2) is 27.6 Å². The van der Waals surface area contributed by atoms with Gasteiger partial charge in [0.05, 0.1) is 19.9 Å². The van der Waals surface area contributed by atoms with Gasteiger partial charge in [0.1, 0.15) is 17.3 Å². The summed E-state index contributed by atoms with van der Waals surface area (Å²) >= 11 is 1.76. The van der Waals surface area contributed by atoms with Crippen molar-refractivity contribution in [3.63, 3.8) is 0 Å². The number of methoxy groups -OCH3 is 1. The highest BCUT2D eigenvalue weighted by Crippen LogP contribution is 2.40. The summed E-state index contributed by atoms with van der Waals surface area (Å²) in [5.74, 6) is 4.47. The number of aromatic nitrogens is 3. The normalized spacial score (nSPS) is 14.0. The minimum atomic E-state index is 0.568. The molecule has 5 nitrogen and oxygen atoms in total. The Morgan fingerprint density at radius 2 is 2.04 bits per heavy atom. The van der Waals surface area contributed by atoms with Crippen molar-refractivity contribution in [2.24, 2.45) is 0 Å². The van der Waals surface area contributed by atoms with Crippen LogP contribution in [0.25, 0.3) is 0 Å². The highest BCUT2D eigenvalue weighted by atomic mass is 32.2. The minimum absolute atomic E-state index is 0.568. The predicted molar refractivity (Wildman–Crippen MR) is 97.2 cm³/mol. The molecule has 0 aliphatic heterocycles. The SMILES string of the molecule is COc1ccc(CCSc2nnc(C3CC3)n2Cc2ccco2)cc1. The summed E-state index contributed by atoms with van der Waals surface area (Å²) < 4.78 is 12.9. The predicted octanol–water partition coefficient (Wildman–Crippen LogP) is 4.14. The van der Waals surface area contributed by atoms with Gasteiger partial charge in [0.2, 0.25) is 0 Å². The van der Waals surface area contributed by atoms with Crippen LogP contribution in [0.5, 0.6) is 5.75 Å². The Balaban J connectivity index is 1.42. The van der Waals surface area contributed by atoms with E-state index in [1.807, 2.05) is 24.3 Å². The number of hydrogen-bond acceptors (Lipinski definition) is 5. The van der Waals surface area contributed by atoms with Gasteiger partial charge in [-0.15, -0.1) is 10.2 Å². The van der Waals surface area contributed by atoms with E-state index in [1.54, 1.807) is 25.1 Å². The number of benzene rings is 1. The third kappa shape index (κ3) is 3.90. The molecule has 0 bridgehead atoms. The molecule has 0 radical (unpaired) electrons. The van der Waals surface area contributed by atoms with Crippen molar-refractivity contribution in [3.8, 4) is 5.75 Å². The maximum Gasteiger partial charge on any atom is 0.191 e. The topological polar surface area (TPSA) is 53.1 Å². The average molecular weight is 355 g/mol. The first-order chi connectivity index (χ1) is 12.3. The third-order valence-electron chi connectivity index (χ3n) is 4.36. The van der Waals surface area contributed by atoms with Crippen LogP contribution in [-0.2, 0) is 13.0 Å². The second-order valence-corrected chi connectivity index (χ2v) is 7.29. The van der Waals surface area contributed by atoms with Gasteiger partial charge in [-0.3, -0.25) is 4.57 Å². The van der Waals surface area contributed by atoms with Gasteiger partial charge < -0.3 is 9.15 Å². The van der Waals surface area contributed by atoms with Gasteiger partial charge in [0.25, 0.3) is 0 Å². The molecule has 4 rings (SSSR count). The van der Waals surface area contributed by atoms with E-state index in [9.17, 15) is 0 Å². The zero-order valence-corrected chi connectivity index (χ0v) is 15.0. The maximum atomic E-state index is 5.52. The summed E-state index contributed by atoms with van der Waals surface area (Å²) in [6, 6.07) is 12.2. The van der Waals surface area contributed by atoms with Crippen molar-refractivity contribution in [3.05, 3.63) is 59.8 Å². The standard InChI is InChI=1S/C19H21N3O2S/c1-23-16-8-4-14(5-9-16)10-12-25-19-21-20-18(15-6-7-15)22(19)13-17-3-2-11-24-17/h2-5,8-9,11,15H,6-7,10,12-13H2,1H3. The Labute approximate surface area is 151 Å². The lowest BCUT2D eigenvalue weighted by molar-refractivity contribution is 0.414. The molecule has 0 atom stereocenters. The van der Waals surface area contributed by atoms with E-state index in [4.69, 9.17) is 9.15 Å². The van der Waals surface area contributed by atoms with Crippen LogP contribution in [0.4, 0.5) is 0 Å². The van der Waals surface area contributed by atoms with Gasteiger partial charge in [0, 0.05) is 11.7 Å². The maximum absolute atomic E-state index is 5.52. The van der Waals surface area contributed by atoms with E-state index in [-0.39, 0.29) is 0 Å². The lowest BCUT2D eigenvalue weighted by Gasteiger charge is -2.08. The summed E-state index contributed by atoms with van der Waals surface area (Å²) in [4.78, 5) is 0. The van der Waals surface area contributed by atoms with Gasteiger partial charge in [0.15, 0.2) is 5.16 Å². The fourth-order valence-electron chi connectivity index (χ4n) is 2.81. The Morgan fingerprint density at radius 1 is 1.20 bits per heavy atom. The van der Waals surface area contributed by atoms with E-state index in [1.165, 1.54) is 18.4 Å². The summed E-state index contributed by atoms with van der Waals surface area (Å²) in [5, 5.41) is 9.85. The summed E-state index contributed by atoms with van der Waals surface area (Å²) in [5.41, 5.74) is 1.30. The molecule has 1 aliphatic carbocycles. The summed E-state index contributed by atoms with van der Waals surface area (Å²) in [7, 11) is 1.69. The molecule has 25 heavy (non-hydrogen) atoms. The number of thioether (sulfide) groups is 1. The van der Waals surface area contributed by atoms with E-state index in [2.05, 4.69) is 26.9 Å². The molecule has 2 aromatic heterocycles. The molecule has 1 aliphatic rings. The second-order valence-electron chi connectivity index (χ2n) is 6.23. The first-order valence-electron chi connectivity index (χ1n) is 8.54. The zero-order valence-electron chi connectivity index (χ0n) is 14.2. The molecule has 0 amide bonds. The first-order valence-corrected chi connectivity index (χ1v) is 9.53. The van der Waals surface area contributed by atoms with Crippen molar-refractivity contribution in [1.29, 1.82) is 0 Å². The first kappa shape index (κ1) is 16.3. The molecular weight excluding hydrogens is 334 g/mol. The largest absolute Gasteiger partial charge is 0.497 e. The zero-order chi connectivity index (χ0) is 17.1. The van der Waals surface area contributed by atoms with E-state index in [0.717, 1.165) is 34.7 Å². The second kappa shape index (κ2) is 7.35. The van der Waals surface area contributed by atoms with Gasteiger partial charge in [-0.25, -0.2) is 0 Å². The third-order valence-corrected chi connectivity index (χ3v) is 5.33. The lowest BCUT2D eigenvalue weighted by atomic mass is 10.2. The fourth-order valence-corrected chi connectivity index (χ4v) is 3.74. The quantitative estimate of drug-likeness (QED) is 0.569. The highest BCUT2D eigenvalue weighted by Gasteiger charge is 2.30. The molecule has 0 N–H and O–H groups in total. The molecule has 0 saturated heterocycles. The minimum Gasteiger partial charge on any atom is -0.497 e. The van der Waals surface area contributed by atoms with Crippen molar-refractivity contribution >= 4 is 11.8 Å². The van der Waals surface area contributed by atoms with Crippen LogP contribution >= 0.6 is 11.8 Å². The van der Waals surface area contributed by atoms with Crippen LogP contribution in [0, 0.1) is 0 Å². The van der Waals surface area contributed by atoms with Crippen LogP contribution in [0.1, 0.15) is 35.9 Å². The van der Waals surface area contributed by atoms with Crippen LogP contribution in [0.3, 0.4) is 0 Å². The molecule has 6 heteroatoms. The van der Waals surface area contributed by atoms with Gasteiger partial charge in [-0.2, -0.15) is 0 Å². The highest BCUT2D eigenvalue weighted by molar-refractivity contribution is 7.99. The lowest BCUT2D eigenvalue weighted by Crippen LogP contribution is -2.05. The van der Waals surface area contributed by atoms with Crippen molar-refractivity contribution in [1.82, 2.24) is 14.8 Å². The van der Waals surface area contributed by atoms with E-state index >= 15 is 0 Å². The molecule has 1 saturated carbocycles. The molecule has 0 unspecified atom stereocenters. The number of hydrogen-bond donors (Lipinski definition) is 0. The smallest absolute Gasteiger partial charge is 0.191 e. The number of furan rings is 1. The summed E-state index contributed by atoms with van der Waals surface area (Å²) in [6.45, 7) is 0.705. The van der Waals surface area contributed by atoms with Crippen LogP contribution in [0.15, 0.2) is 52.2 Å². The molecular formula is C19H21N3O2S. The molecule has 0 spiro atoms. The van der Waals surface area contributed by atoms with Gasteiger partial charge >= 0.3 is 0 Å². The molecule has 130 valence electrons. The Hall–Kier alpha value is -2.21. The average Bonchev–Trinajstić information content (AvgIpc) is 3.21. The Bertz CT molecular complexity index is 808. The van der Waals surface area contributed by atoms with Crippen molar-refractivity contribution in [2.45, 2.75) is 36.9 Å². The number of aryl methyl sites for hydroxylation is 1. The number of ether oxygens (including phenoxy) is 1. The fraction of sp³-hybridized carbons (Fsp3) is 0.368. The van der Waals surface area contributed by atoms with Crippen molar-refractivity contribution in [2.75, 3.05) is 12.9 Å². The molecule has 2 heterocycles. The van der Waals surface area contributed by atoms with Gasteiger partial charge in [-0.05, 0) is 49.1 Å². The molecule has 3 aromatic rings. The number of rotatable bonds is 8. The van der Waals surface area contributed by atoms with Gasteiger partial charge in [-0.1, -0.05) is 23.9 Å². The van der Waals surface area contributed by atoms with E-state index in [0.29, 0.717) is 12.5 Å². The number of nitrogens with zero attached hydrogens (tertiary/aromatic N) is 3. The monoisotopic (exact) mass is 355 g/mol. The van der Waals surface area contributed by atoms with Crippen LogP contribution in [0.2, 0.25) is 0 Å². The van der Waals surface area contributed by atoms with Crippen LogP contribution < -0.4 is 4.74 Å². The van der Waals surface area contributed by atoms with Crippen molar-refractivity contribution < 1.29 is 9.15 Å². The Morgan fingerprint density at radius 3 is 2.72 bits per heavy atom.